The summed E-state index contributed by atoms with van der Waals surface area (Å²) in [5.74, 6) is 0. The van der Waals surface area contributed by atoms with E-state index < -0.39 is 0 Å². The number of thioether (sulfide) groups is 1. The summed E-state index contributed by atoms with van der Waals surface area (Å²) in [5.41, 5.74) is 1.10. The number of aliphatic hydroxyl groups is 1. The molecule has 0 bridgehead atoms. The van der Waals surface area contributed by atoms with Gasteiger partial charge in [-0.1, -0.05) is 0 Å². The number of hydrogen-bond donors (Lipinski definition) is 2. The van der Waals surface area contributed by atoms with Crippen LogP contribution in [0.1, 0.15) is 0 Å². The maximum absolute atomic E-state index is 8.49. The Bertz CT molecular complexity index is 264. The molecule has 0 saturated heterocycles. The van der Waals surface area contributed by atoms with E-state index in [1.54, 1.807) is 11.8 Å². The summed E-state index contributed by atoms with van der Waals surface area (Å²) < 4.78 is 5.13. The van der Waals surface area contributed by atoms with E-state index in [4.69, 9.17) is 9.84 Å². The van der Waals surface area contributed by atoms with Crippen LogP contribution < -0.4 is 5.32 Å². The molecular weight excluding hydrogens is 210 g/mol. The Kier molecular flexibility index (Phi) is 6.23. The summed E-state index contributed by atoms with van der Waals surface area (Å²) in [6.07, 6.45) is 2.06. The van der Waals surface area contributed by atoms with E-state index >= 15 is 0 Å². The zero-order valence-electron chi connectivity index (χ0n) is 8.90. The van der Waals surface area contributed by atoms with Gasteiger partial charge in [-0.05, 0) is 30.5 Å². The van der Waals surface area contributed by atoms with E-state index in [2.05, 4.69) is 35.8 Å². The standard InChI is InChI=1S/C11H17NO2S/c1-15-11-4-2-10(3-5-11)12-6-8-14-9-7-13/h2-5,12-13H,6-9H2,1H3. The zero-order valence-corrected chi connectivity index (χ0v) is 9.72. The molecule has 0 aliphatic carbocycles. The largest absolute Gasteiger partial charge is 0.394 e. The van der Waals surface area contributed by atoms with Crippen LogP contribution in [0, 0.1) is 0 Å². The van der Waals surface area contributed by atoms with Crippen LogP contribution in [0.5, 0.6) is 0 Å². The molecule has 0 spiro atoms. The molecule has 4 heteroatoms. The van der Waals surface area contributed by atoms with Gasteiger partial charge in [-0.2, -0.15) is 0 Å². The molecule has 3 nitrogen and oxygen atoms in total. The summed E-state index contributed by atoms with van der Waals surface area (Å²) in [4.78, 5) is 1.26. The average molecular weight is 227 g/mol. The van der Waals surface area contributed by atoms with Gasteiger partial charge in [0.25, 0.3) is 0 Å². The number of nitrogens with one attached hydrogen (secondary N) is 1. The summed E-state index contributed by atoms with van der Waals surface area (Å²) >= 11 is 1.73. The molecule has 0 saturated carbocycles. The van der Waals surface area contributed by atoms with Crippen molar-refractivity contribution in [3.05, 3.63) is 24.3 Å². The highest BCUT2D eigenvalue weighted by Gasteiger charge is 1.92. The summed E-state index contributed by atoms with van der Waals surface area (Å²) in [6.45, 7) is 1.87. The highest BCUT2D eigenvalue weighted by Crippen LogP contribution is 2.17. The Morgan fingerprint density at radius 1 is 1.27 bits per heavy atom. The van der Waals surface area contributed by atoms with Crippen molar-refractivity contribution in [3.8, 4) is 0 Å². The van der Waals surface area contributed by atoms with Crippen LogP contribution in [0.25, 0.3) is 0 Å². The van der Waals surface area contributed by atoms with Gasteiger partial charge in [0, 0.05) is 17.1 Å². The van der Waals surface area contributed by atoms with Crippen LogP contribution in [0.15, 0.2) is 29.2 Å². The van der Waals surface area contributed by atoms with Gasteiger partial charge >= 0.3 is 0 Å². The summed E-state index contributed by atoms with van der Waals surface area (Å²) in [6, 6.07) is 8.28. The zero-order chi connectivity index (χ0) is 10.9. The molecule has 0 atom stereocenters. The normalized spacial score (nSPS) is 10.3. The SMILES string of the molecule is CSc1ccc(NCCOCCO)cc1. The van der Waals surface area contributed by atoms with Crippen molar-refractivity contribution in [2.45, 2.75) is 4.90 Å². The molecule has 0 unspecified atom stereocenters. The first-order chi connectivity index (χ1) is 7.36. The van der Waals surface area contributed by atoms with E-state index in [-0.39, 0.29) is 6.61 Å². The first-order valence-electron chi connectivity index (χ1n) is 4.93. The third kappa shape index (κ3) is 5.06. The van der Waals surface area contributed by atoms with Crippen molar-refractivity contribution >= 4 is 17.4 Å². The van der Waals surface area contributed by atoms with Crippen molar-refractivity contribution in [3.63, 3.8) is 0 Å². The van der Waals surface area contributed by atoms with E-state index in [1.165, 1.54) is 4.90 Å². The fourth-order valence-electron chi connectivity index (χ4n) is 1.14. The molecule has 1 rings (SSSR count). The monoisotopic (exact) mass is 227 g/mol. The molecule has 0 amide bonds. The Balaban J connectivity index is 2.20. The molecule has 1 aromatic carbocycles. The number of hydrogen-bond acceptors (Lipinski definition) is 4. The molecule has 2 N–H and O–H groups in total. The van der Waals surface area contributed by atoms with Crippen LogP contribution >= 0.6 is 11.8 Å². The maximum Gasteiger partial charge on any atom is 0.0698 e. The topological polar surface area (TPSA) is 41.5 Å². The fraction of sp³-hybridized carbons (Fsp3) is 0.455. The highest BCUT2D eigenvalue weighted by molar-refractivity contribution is 7.98. The molecule has 0 aliphatic rings. The molecule has 0 aliphatic heterocycles. The van der Waals surface area contributed by atoms with Crippen LogP contribution in [0.4, 0.5) is 5.69 Å². The highest BCUT2D eigenvalue weighted by atomic mass is 32.2. The van der Waals surface area contributed by atoms with Gasteiger partial charge in [0.05, 0.1) is 19.8 Å². The fourth-order valence-corrected chi connectivity index (χ4v) is 1.55. The van der Waals surface area contributed by atoms with Gasteiger partial charge < -0.3 is 15.2 Å². The minimum absolute atomic E-state index is 0.0857. The van der Waals surface area contributed by atoms with Crippen LogP contribution in [0.3, 0.4) is 0 Å². The second kappa shape index (κ2) is 7.56. The van der Waals surface area contributed by atoms with E-state index in [0.717, 1.165) is 12.2 Å². The van der Waals surface area contributed by atoms with Crippen molar-refractivity contribution < 1.29 is 9.84 Å². The Labute approximate surface area is 94.8 Å². The van der Waals surface area contributed by atoms with Gasteiger partial charge in [0.2, 0.25) is 0 Å². The predicted octanol–water partition coefficient (Wildman–Crippen LogP) is 1.83. The first-order valence-corrected chi connectivity index (χ1v) is 6.16. The molecule has 84 valence electrons. The number of aliphatic hydroxyl groups excluding tert-OH is 1. The number of rotatable bonds is 7. The predicted molar refractivity (Wildman–Crippen MR) is 64.6 cm³/mol. The van der Waals surface area contributed by atoms with E-state index in [9.17, 15) is 0 Å². The second-order valence-electron chi connectivity index (χ2n) is 2.99. The van der Waals surface area contributed by atoms with Gasteiger partial charge in [0.15, 0.2) is 0 Å². The van der Waals surface area contributed by atoms with Gasteiger partial charge in [-0.3, -0.25) is 0 Å². The molecular formula is C11H17NO2S. The Morgan fingerprint density at radius 3 is 2.60 bits per heavy atom. The Hall–Kier alpha value is -0.710. The molecule has 0 radical (unpaired) electrons. The van der Waals surface area contributed by atoms with Crippen LogP contribution in [0.2, 0.25) is 0 Å². The van der Waals surface area contributed by atoms with Gasteiger partial charge in [-0.15, -0.1) is 11.8 Å². The molecule has 0 heterocycles. The van der Waals surface area contributed by atoms with Crippen molar-refractivity contribution in [1.82, 2.24) is 0 Å². The lowest BCUT2D eigenvalue weighted by Gasteiger charge is -2.07. The lowest BCUT2D eigenvalue weighted by atomic mass is 10.3. The van der Waals surface area contributed by atoms with Crippen molar-refractivity contribution in [2.24, 2.45) is 0 Å². The number of anilines is 1. The molecule has 0 aromatic heterocycles. The Morgan fingerprint density at radius 2 is 2.00 bits per heavy atom. The average Bonchev–Trinajstić information content (AvgIpc) is 2.30. The third-order valence-corrected chi connectivity index (χ3v) is 2.64. The molecule has 1 aromatic rings. The maximum atomic E-state index is 8.49. The van der Waals surface area contributed by atoms with Gasteiger partial charge in [-0.25, -0.2) is 0 Å². The van der Waals surface area contributed by atoms with Crippen LogP contribution in [-0.2, 0) is 4.74 Å². The minimum Gasteiger partial charge on any atom is -0.394 e. The van der Waals surface area contributed by atoms with E-state index in [0.29, 0.717) is 13.2 Å². The number of benzene rings is 1. The molecule has 0 fully saturated rings. The first kappa shape index (κ1) is 12.4. The minimum atomic E-state index is 0.0857. The molecule has 15 heavy (non-hydrogen) atoms. The lowest BCUT2D eigenvalue weighted by Crippen LogP contribution is -2.11. The van der Waals surface area contributed by atoms with E-state index in [1.807, 2.05) is 0 Å². The number of ether oxygens (including phenoxy) is 1. The van der Waals surface area contributed by atoms with Crippen LogP contribution in [-0.4, -0.2) is 37.7 Å². The summed E-state index contributed by atoms with van der Waals surface area (Å²) in [7, 11) is 0. The quantitative estimate of drug-likeness (QED) is 0.551. The van der Waals surface area contributed by atoms with Gasteiger partial charge in [0.1, 0.15) is 0 Å². The third-order valence-electron chi connectivity index (χ3n) is 1.90. The second-order valence-corrected chi connectivity index (χ2v) is 3.87. The van der Waals surface area contributed by atoms with Crippen molar-refractivity contribution in [2.75, 3.05) is 37.9 Å². The summed E-state index contributed by atoms with van der Waals surface area (Å²) in [5, 5.41) is 11.7. The van der Waals surface area contributed by atoms with Crippen molar-refractivity contribution in [1.29, 1.82) is 0 Å². The smallest absolute Gasteiger partial charge is 0.0698 e. The lowest BCUT2D eigenvalue weighted by molar-refractivity contribution is 0.0992.